The van der Waals surface area contributed by atoms with Gasteiger partial charge in [0.25, 0.3) is 5.91 Å². The van der Waals surface area contributed by atoms with E-state index in [1.165, 1.54) is 21.9 Å². The minimum absolute atomic E-state index is 0.000486. The summed E-state index contributed by atoms with van der Waals surface area (Å²) in [6.07, 6.45) is -0.749. The van der Waals surface area contributed by atoms with Gasteiger partial charge in [0, 0.05) is 44.2 Å². The van der Waals surface area contributed by atoms with Crippen LogP contribution in [-0.4, -0.2) is 96.5 Å². The number of hydrogen-bond donors (Lipinski definition) is 1. The number of hydrogen-bond acceptors (Lipinski definition) is 10. The molecule has 0 unspecified atom stereocenters. The molecule has 250 valence electrons. The normalized spacial score (nSPS) is 14.2. The molecule has 1 atom stereocenters. The SMILES string of the molecule is CCOC(=O)N1CCN(C(=O)[C@H](CCC(=O)OC(C)(C)C)NC(=O)c2cc(S(=O)(=O)c3ccccc3)nc(-c3ccccc3)n2)CC1. The molecule has 1 saturated heterocycles. The number of nitrogens with one attached hydrogen (secondary N) is 1. The second-order valence-corrected chi connectivity index (χ2v) is 13.7. The van der Waals surface area contributed by atoms with E-state index < -0.39 is 50.4 Å². The van der Waals surface area contributed by atoms with E-state index in [2.05, 4.69) is 15.3 Å². The third kappa shape index (κ3) is 9.35. The molecular formula is C33H39N5O8S. The summed E-state index contributed by atoms with van der Waals surface area (Å²) >= 11 is 0. The molecule has 1 N–H and O–H groups in total. The van der Waals surface area contributed by atoms with Crippen LogP contribution in [0.1, 0.15) is 51.0 Å². The second-order valence-electron chi connectivity index (χ2n) is 11.8. The van der Waals surface area contributed by atoms with Crippen molar-refractivity contribution < 1.29 is 37.1 Å². The van der Waals surface area contributed by atoms with Gasteiger partial charge < -0.3 is 24.6 Å². The van der Waals surface area contributed by atoms with Crippen molar-refractivity contribution in [2.45, 2.75) is 62.1 Å². The zero-order valence-corrected chi connectivity index (χ0v) is 27.7. The van der Waals surface area contributed by atoms with Crippen molar-refractivity contribution in [3.8, 4) is 11.4 Å². The van der Waals surface area contributed by atoms with Gasteiger partial charge in [-0.05, 0) is 46.2 Å². The van der Waals surface area contributed by atoms with Crippen LogP contribution >= 0.6 is 0 Å². The van der Waals surface area contributed by atoms with Crippen LogP contribution < -0.4 is 5.32 Å². The van der Waals surface area contributed by atoms with Gasteiger partial charge in [0.2, 0.25) is 15.7 Å². The maximum Gasteiger partial charge on any atom is 0.409 e. The van der Waals surface area contributed by atoms with Crippen molar-refractivity contribution in [1.29, 1.82) is 0 Å². The summed E-state index contributed by atoms with van der Waals surface area (Å²) in [4.78, 5) is 63.9. The average Bonchev–Trinajstić information content (AvgIpc) is 3.06. The van der Waals surface area contributed by atoms with Gasteiger partial charge in [0.15, 0.2) is 10.9 Å². The molecule has 0 radical (unpaired) electrons. The number of esters is 1. The van der Waals surface area contributed by atoms with Gasteiger partial charge in [0.05, 0.1) is 11.5 Å². The third-order valence-electron chi connectivity index (χ3n) is 7.07. The number of benzene rings is 2. The molecule has 3 aromatic rings. The molecule has 2 heterocycles. The Labute approximate surface area is 274 Å². The molecular weight excluding hydrogens is 626 g/mol. The molecule has 4 rings (SSSR count). The molecule has 1 aliphatic rings. The molecule has 1 fully saturated rings. The predicted octanol–water partition coefficient (Wildman–Crippen LogP) is 3.50. The van der Waals surface area contributed by atoms with Crippen molar-refractivity contribution in [3.05, 3.63) is 72.4 Å². The minimum Gasteiger partial charge on any atom is -0.460 e. The summed E-state index contributed by atoms with van der Waals surface area (Å²) in [5.74, 6) is -1.86. The van der Waals surface area contributed by atoms with E-state index in [1.807, 2.05) is 0 Å². The topological polar surface area (TPSA) is 165 Å². The van der Waals surface area contributed by atoms with Crippen molar-refractivity contribution in [1.82, 2.24) is 25.1 Å². The van der Waals surface area contributed by atoms with E-state index in [1.54, 1.807) is 76.2 Å². The highest BCUT2D eigenvalue weighted by molar-refractivity contribution is 7.91. The van der Waals surface area contributed by atoms with Crippen molar-refractivity contribution in [2.75, 3.05) is 32.8 Å². The highest BCUT2D eigenvalue weighted by Gasteiger charge is 2.32. The van der Waals surface area contributed by atoms with Crippen LogP contribution in [-0.2, 0) is 28.9 Å². The lowest BCUT2D eigenvalue weighted by Crippen LogP contribution is -2.56. The van der Waals surface area contributed by atoms with Gasteiger partial charge in [-0.15, -0.1) is 0 Å². The summed E-state index contributed by atoms with van der Waals surface area (Å²) in [7, 11) is -4.15. The Morgan fingerprint density at radius 2 is 1.49 bits per heavy atom. The van der Waals surface area contributed by atoms with E-state index in [0.29, 0.717) is 5.56 Å². The van der Waals surface area contributed by atoms with E-state index >= 15 is 0 Å². The number of carbonyl (C=O) groups excluding carboxylic acids is 4. The van der Waals surface area contributed by atoms with Crippen LogP contribution in [0.4, 0.5) is 4.79 Å². The fraction of sp³-hybridized carbons (Fsp3) is 0.394. The number of nitrogens with zero attached hydrogens (tertiary/aromatic N) is 4. The van der Waals surface area contributed by atoms with Crippen molar-refractivity contribution in [2.24, 2.45) is 0 Å². The molecule has 47 heavy (non-hydrogen) atoms. The molecule has 0 saturated carbocycles. The van der Waals surface area contributed by atoms with Crippen LogP contribution in [0.3, 0.4) is 0 Å². The number of rotatable bonds is 10. The van der Waals surface area contributed by atoms with E-state index in [9.17, 15) is 27.6 Å². The van der Waals surface area contributed by atoms with Crippen LogP contribution in [0.5, 0.6) is 0 Å². The van der Waals surface area contributed by atoms with E-state index in [-0.39, 0.29) is 62.0 Å². The summed E-state index contributed by atoms with van der Waals surface area (Å²) < 4.78 is 37.6. The van der Waals surface area contributed by atoms with Crippen LogP contribution in [0, 0.1) is 0 Å². The van der Waals surface area contributed by atoms with Gasteiger partial charge in [-0.25, -0.2) is 23.2 Å². The zero-order valence-electron chi connectivity index (χ0n) is 26.8. The quantitative estimate of drug-likeness (QED) is 0.250. The average molecular weight is 666 g/mol. The lowest BCUT2D eigenvalue weighted by Gasteiger charge is -2.36. The number of amides is 3. The molecule has 3 amide bonds. The Kier molecular flexibility index (Phi) is 11.3. The standard InChI is InChI=1S/C33H39N5O8S/c1-5-45-32(42)38-20-18-37(19-21-38)31(41)25(16-17-28(39)46-33(2,3)4)35-30(40)26-22-27(47(43,44)24-14-10-7-11-15-24)36-29(34-26)23-12-8-6-9-13-23/h6-15,22,25H,5,16-21H2,1-4H3,(H,35,40)/t25-/m0/s1. The van der Waals surface area contributed by atoms with Gasteiger partial charge >= 0.3 is 12.1 Å². The van der Waals surface area contributed by atoms with Gasteiger partial charge in [-0.3, -0.25) is 14.4 Å². The zero-order chi connectivity index (χ0) is 34.2. The molecule has 0 aliphatic carbocycles. The third-order valence-corrected chi connectivity index (χ3v) is 8.73. The summed E-state index contributed by atoms with van der Waals surface area (Å²) in [5, 5.41) is 2.28. The lowest BCUT2D eigenvalue weighted by atomic mass is 10.1. The highest BCUT2D eigenvalue weighted by Crippen LogP contribution is 2.23. The van der Waals surface area contributed by atoms with Crippen LogP contribution in [0.15, 0.2) is 76.7 Å². The minimum atomic E-state index is -4.15. The van der Waals surface area contributed by atoms with Crippen molar-refractivity contribution >= 4 is 33.7 Å². The molecule has 0 bridgehead atoms. The molecule has 0 spiro atoms. The van der Waals surface area contributed by atoms with Gasteiger partial charge in [0.1, 0.15) is 17.3 Å². The lowest BCUT2D eigenvalue weighted by molar-refractivity contribution is -0.155. The Morgan fingerprint density at radius 1 is 0.894 bits per heavy atom. The maximum absolute atomic E-state index is 13.8. The maximum atomic E-state index is 13.8. The number of carbonyl (C=O) groups is 4. The first-order valence-electron chi connectivity index (χ1n) is 15.3. The number of aromatic nitrogens is 2. The summed E-state index contributed by atoms with van der Waals surface area (Å²) in [6, 6.07) is 16.1. The highest BCUT2D eigenvalue weighted by atomic mass is 32.2. The summed E-state index contributed by atoms with van der Waals surface area (Å²) in [6.45, 7) is 7.91. The molecule has 13 nitrogen and oxygen atoms in total. The number of piperazine rings is 1. The van der Waals surface area contributed by atoms with Crippen LogP contribution in [0.2, 0.25) is 0 Å². The fourth-order valence-corrected chi connectivity index (χ4v) is 6.03. The Morgan fingerprint density at radius 3 is 2.09 bits per heavy atom. The molecule has 14 heteroatoms. The summed E-state index contributed by atoms with van der Waals surface area (Å²) in [5.41, 5.74) is -0.558. The van der Waals surface area contributed by atoms with E-state index in [0.717, 1.165) is 6.07 Å². The fourth-order valence-electron chi connectivity index (χ4n) is 4.80. The monoisotopic (exact) mass is 665 g/mol. The van der Waals surface area contributed by atoms with Gasteiger partial charge in [-0.1, -0.05) is 48.5 Å². The first-order valence-corrected chi connectivity index (χ1v) is 16.7. The molecule has 1 aliphatic heterocycles. The van der Waals surface area contributed by atoms with Crippen LogP contribution in [0.25, 0.3) is 11.4 Å². The first-order chi connectivity index (χ1) is 22.3. The first kappa shape index (κ1) is 35.0. The predicted molar refractivity (Wildman–Crippen MR) is 171 cm³/mol. The van der Waals surface area contributed by atoms with E-state index in [4.69, 9.17) is 9.47 Å². The largest absolute Gasteiger partial charge is 0.460 e. The number of ether oxygens (including phenoxy) is 2. The second kappa shape index (κ2) is 15.2. The Balaban J connectivity index is 1.64. The van der Waals surface area contributed by atoms with Crippen molar-refractivity contribution in [3.63, 3.8) is 0 Å². The molecule has 1 aromatic heterocycles. The Hall–Kier alpha value is -4.85. The molecule has 2 aromatic carbocycles. The Bertz CT molecular complexity index is 1690. The smallest absolute Gasteiger partial charge is 0.409 e. The van der Waals surface area contributed by atoms with Gasteiger partial charge in [-0.2, -0.15) is 0 Å². The number of sulfone groups is 1.